The molecule has 140 valence electrons. The van der Waals surface area contributed by atoms with E-state index in [0.717, 1.165) is 19.4 Å². The Balaban J connectivity index is 1.64. The fourth-order valence-electron chi connectivity index (χ4n) is 3.41. The summed E-state index contributed by atoms with van der Waals surface area (Å²) in [7, 11) is -1.91. The van der Waals surface area contributed by atoms with E-state index >= 15 is 0 Å². The summed E-state index contributed by atoms with van der Waals surface area (Å²) in [6, 6.07) is 0. The molecule has 9 heteroatoms. The first-order valence-electron chi connectivity index (χ1n) is 8.77. The lowest BCUT2D eigenvalue weighted by atomic mass is 9.99. The van der Waals surface area contributed by atoms with E-state index < -0.39 is 10.0 Å². The topological polar surface area (TPSA) is 93.5 Å². The number of rotatable bonds is 5. The predicted molar refractivity (Wildman–Crippen MR) is 91.4 cm³/mol. The van der Waals surface area contributed by atoms with Gasteiger partial charge in [-0.2, -0.15) is 9.40 Å². The average molecular weight is 370 g/mol. The lowest BCUT2D eigenvalue weighted by Gasteiger charge is -2.31. The maximum atomic E-state index is 12.9. The molecule has 8 nitrogen and oxygen atoms in total. The number of aromatic nitrogens is 2. The Morgan fingerprint density at radius 2 is 2.20 bits per heavy atom. The first-order valence-corrected chi connectivity index (χ1v) is 10.2. The van der Waals surface area contributed by atoms with Crippen LogP contribution in [0.4, 0.5) is 0 Å². The highest BCUT2D eigenvalue weighted by atomic mass is 32.2. The minimum absolute atomic E-state index is 0.0849. The minimum atomic E-state index is -3.62. The van der Waals surface area contributed by atoms with Gasteiger partial charge in [-0.25, -0.2) is 8.42 Å². The number of hydrogen-bond donors (Lipinski definition) is 1. The molecule has 0 unspecified atom stereocenters. The smallest absolute Gasteiger partial charge is 0.246 e. The van der Waals surface area contributed by atoms with Gasteiger partial charge in [0.2, 0.25) is 15.9 Å². The number of nitrogens with one attached hydrogen (secondary N) is 1. The van der Waals surface area contributed by atoms with E-state index in [1.54, 1.807) is 18.7 Å². The summed E-state index contributed by atoms with van der Waals surface area (Å²) in [5.74, 6) is -0.403. The first kappa shape index (κ1) is 18.3. The predicted octanol–water partition coefficient (Wildman–Crippen LogP) is 0.424. The lowest BCUT2D eigenvalue weighted by Crippen LogP contribution is -2.46. The summed E-state index contributed by atoms with van der Waals surface area (Å²) in [6.07, 6.45) is 4.84. The Hall–Kier alpha value is -1.45. The maximum absolute atomic E-state index is 12.9. The molecule has 2 aliphatic rings. The number of ether oxygens (including phenoxy) is 1. The van der Waals surface area contributed by atoms with Crippen molar-refractivity contribution in [1.82, 2.24) is 19.4 Å². The van der Waals surface area contributed by atoms with Crippen molar-refractivity contribution in [1.29, 1.82) is 0 Å². The van der Waals surface area contributed by atoms with E-state index in [-0.39, 0.29) is 29.4 Å². The van der Waals surface area contributed by atoms with Gasteiger partial charge in [-0.05, 0) is 32.6 Å². The van der Waals surface area contributed by atoms with Crippen molar-refractivity contribution >= 4 is 15.9 Å². The highest BCUT2D eigenvalue weighted by Crippen LogP contribution is 2.25. The van der Waals surface area contributed by atoms with Gasteiger partial charge in [-0.3, -0.25) is 9.48 Å². The van der Waals surface area contributed by atoms with E-state index in [0.29, 0.717) is 31.6 Å². The summed E-state index contributed by atoms with van der Waals surface area (Å²) >= 11 is 0. The number of hydrogen-bond acceptors (Lipinski definition) is 5. The summed E-state index contributed by atoms with van der Waals surface area (Å²) in [5, 5.41) is 6.94. The molecular formula is C16H26N4O4S. The van der Waals surface area contributed by atoms with Gasteiger partial charge in [0.25, 0.3) is 0 Å². The fourth-order valence-corrected chi connectivity index (χ4v) is 5.12. The van der Waals surface area contributed by atoms with Crippen molar-refractivity contribution in [3.05, 3.63) is 11.9 Å². The van der Waals surface area contributed by atoms with Gasteiger partial charge in [-0.1, -0.05) is 0 Å². The van der Waals surface area contributed by atoms with Gasteiger partial charge in [0, 0.05) is 33.3 Å². The lowest BCUT2D eigenvalue weighted by molar-refractivity contribution is -0.126. The van der Waals surface area contributed by atoms with Gasteiger partial charge >= 0.3 is 0 Å². The standard InChI is InChI=1S/C16H26N4O4S/c1-12-15(10-18-19(12)2)25(22,23)20-7-3-5-13(11-20)16(21)17-9-14-6-4-8-24-14/h10,13-14H,3-9,11H2,1-2H3,(H,17,21)/t13-,14+/m0/s1. The van der Waals surface area contributed by atoms with Crippen LogP contribution in [0.1, 0.15) is 31.4 Å². The van der Waals surface area contributed by atoms with Gasteiger partial charge in [0.1, 0.15) is 4.90 Å². The van der Waals surface area contributed by atoms with Crippen molar-refractivity contribution in [3.8, 4) is 0 Å². The SMILES string of the molecule is Cc1c(S(=O)(=O)N2CCC[C@H](C(=O)NC[C@H]3CCCO3)C2)cnn1C. The molecule has 0 spiro atoms. The number of amides is 1. The van der Waals surface area contributed by atoms with Crippen molar-refractivity contribution in [2.45, 2.75) is 43.6 Å². The van der Waals surface area contributed by atoms with E-state index in [9.17, 15) is 13.2 Å². The van der Waals surface area contributed by atoms with Crippen LogP contribution in [-0.4, -0.2) is 60.8 Å². The molecule has 3 heterocycles. The van der Waals surface area contributed by atoms with Crippen LogP contribution in [0.25, 0.3) is 0 Å². The molecule has 2 atom stereocenters. The molecular weight excluding hydrogens is 344 g/mol. The molecule has 0 radical (unpaired) electrons. The van der Waals surface area contributed by atoms with E-state index in [2.05, 4.69) is 10.4 Å². The molecule has 0 bridgehead atoms. The van der Waals surface area contributed by atoms with Gasteiger partial charge in [-0.15, -0.1) is 0 Å². The molecule has 0 saturated carbocycles. The number of nitrogens with zero attached hydrogens (tertiary/aromatic N) is 3. The zero-order valence-electron chi connectivity index (χ0n) is 14.8. The molecule has 1 aromatic heterocycles. The molecule has 25 heavy (non-hydrogen) atoms. The van der Waals surface area contributed by atoms with Crippen LogP contribution in [0.3, 0.4) is 0 Å². The molecule has 3 rings (SSSR count). The second kappa shape index (κ2) is 7.43. The second-order valence-electron chi connectivity index (χ2n) is 6.80. The summed E-state index contributed by atoms with van der Waals surface area (Å²) in [6.45, 7) is 3.64. The van der Waals surface area contributed by atoms with Crippen molar-refractivity contribution < 1.29 is 17.9 Å². The molecule has 1 amide bonds. The van der Waals surface area contributed by atoms with Gasteiger partial charge < -0.3 is 10.1 Å². The number of aryl methyl sites for hydroxylation is 1. The number of carbonyl (C=O) groups is 1. The molecule has 2 aliphatic heterocycles. The van der Waals surface area contributed by atoms with E-state index in [4.69, 9.17) is 4.74 Å². The molecule has 1 aromatic rings. The number of sulfonamides is 1. The third-order valence-electron chi connectivity index (χ3n) is 5.09. The fraction of sp³-hybridized carbons (Fsp3) is 0.750. The number of piperidine rings is 1. The molecule has 0 aliphatic carbocycles. The Kier molecular flexibility index (Phi) is 5.45. The Morgan fingerprint density at radius 3 is 2.84 bits per heavy atom. The van der Waals surface area contributed by atoms with Gasteiger partial charge in [0.05, 0.1) is 23.9 Å². The van der Waals surface area contributed by atoms with E-state index in [1.165, 1.54) is 10.5 Å². The van der Waals surface area contributed by atoms with Crippen LogP contribution in [0.2, 0.25) is 0 Å². The molecule has 1 N–H and O–H groups in total. The Morgan fingerprint density at radius 1 is 1.40 bits per heavy atom. The van der Waals surface area contributed by atoms with Crippen LogP contribution in [-0.2, 0) is 26.6 Å². The monoisotopic (exact) mass is 370 g/mol. The third kappa shape index (κ3) is 3.88. The summed E-state index contributed by atoms with van der Waals surface area (Å²) < 4.78 is 34.2. The van der Waals surface area contributed by atoms with Crippen LogP contribution in [0, 0.1) is 12.8 Å². The van der Waals surface area contributed by atoms with Crippen LogP contribution in [0.5, 0.6) is 0 Å². The van der Waals surface area contributed by atoms with Gasteiger partial charge in [0.15, 0.2) is 0 Å². The minimum Gasteiger partial charge on any atom is -0.376 e. The van der Waals surface area contributed by atoms with Crippen molar-refractivity contribution in [2.24, 2.45) is 13.0 Å². The van der Waals surface area contributed by atoms with E-state index in [1.807, 2.05) is 0 Å². The summed E-state index contributed by atoms with van der Waals surface area (Å²) in [4.78, 5) is 12.6. The average Bonchev–Trinajstić information content (AvgIpc) is 3.24. The molecule has 0 aromatic carbocycles. The molecule has 2 fully saturated rings. The maximum Gasteiger partial charge on any atom is 0.246 e. The normalized spacial score (nSPS) is 25.2. The third-order valence-corrected chi connectivity index (χ3v) is 7.06. The molecule has 2 saturated heterocycles. The van der Waals surface area contributed by atoms with Crippen molar-refractivity contribution in [2.75, 3.05) is 26.2 Å². The zero-order valence-corrected chi connectivity index (χ0v) is 15.6. The number of carbonyl (C=O) groups excluding carboxylic acids is 1. The van der Waals surface area contributed by atoms with Crippen LogP contribution >= 0.6 is 0 Å². The summed E-state index contributed by atoms with van der Waals surface area (Å²) in [5.41, 5.74) is 0.602. The zero-order chi connectivity index (χ0) is 18.0. The largest absolute Gasteiger partial charge is 0.376 e. The highest BCUT2D eigenvalue weighted by molar-refractivity contribution is 7.89. The second-order valence-corrected chi connectivity index (χ2v) is 8.71. The van der Waals surface area contributed by atoms with Crippen molar-refractivity contribution in [3.63, 3.8) is 0 Å². The Bertz CT molecular complexity index is 724. The quantitative estimate of drug-likeness (QED) is 0.811. The first-order chi connectivity index (χ1) is 11.9. The Labute approximate surface area is 148 Å². The van der Waals surface area contributed by atoms with Crippen LogP contribution < -0.4 is 5.32 Å². The van der Waals surface area contributed by atoms with Crippen LogP contribution in [0.15, 0.2) is 11.1 Å². The highest BCUT2D eigenvalue weighted by Gasteiger charge is 2.35.